The molecule has 0 aromatic heterocycles. The van der Waals surface area contributed by atoms with E-state index in [1.807, 2.05) is 6.07 Å². The number of hydrogen-bond acceptors (Lipinski definition) is 8. The van der Waals surface area contributed by atoms with E-state index >= 15 is 0 Å². The lowest BCUT2D eigenvalue weighted by Gasteiger charge is -2.29. The molecule has 2 amide bonds. The number of ether oxygens (including phenoxy) is 5. The normalized spacial score (nSPS) is 15.0. The number of carbonyl (C=O) groups is 3. The Labute approximate surface area is 203 Å². The summed E-state index contributed by atoms with van der Waals surface area (Å²) in [7, 11) is 4.44. The second-order valence-electron chi connectivity index (χ2n) is 7.43. The van der Waals surface area contributed by atoms with Crippen molar-refractivity contribution in [3.05, 3.63) is 64.9 Å². The Kier molecular flexibility index (Phi) is 8.55. The van der Waals surface area contributed by atoms with Gasteiger partial charge in [-0.05, 0) is 30.2 Å². The molecule has 0 bridgehead atoms. The summed E-state index contributed by atoms with van der Waals surface area (Å²) in [4.78, 5) is 37.8. The standard InChI is InChI=1S/C25H28N2O8/c1-5-34-24(29)21-17(26-25(30)27-22(21)16-9-7-6-8-10-16)14-35-20(28)13-15-11-18(31-2)23(33-4)19(12-15)32-3/h6-12,22H,5,13-14H2,1-4H3,(H2,26,27,30). The van der Waals surface area contributed by atoms with Crippen molar-refractivity contribution in [1.82, 2.24) is 10.6 Å². The number of rotatable bonds is 10. The lowest BCUT2D eigenvalue weighted by molar-refractivity contribution is -0.143. The summed E-state index contributed by atoms with van der Waals surface area (Å²) in [6, 6.07) is 11.0. The van der Waals surface area contributed by atoms with Crippen LogP contribution in [0.1, 0.15) is 24.1 Å². The molecule has 0 saturated heterocycles. The number of methoxy groups -OCH3 is 3. The highest BCUT2D eigenvalue weighted by atomic mass is 16.5. The first-order valence-corrected chi connectivity index (χ1v) is 10.9. The van der Waals surface area contributed by atoms with E-state index in [-0.39, 0.29) is 30.9 Å². The fourth-order valence-electron chi connectivity index (χ4n) is 3.68. The molecule has 0 radical (unpaired) electrons. The maximum absolute atomic E-state index is 12.8. The number of carbonyl (C=O) groups excluding carboxylic acids is 3. The van der Waals surface area contributed by atoms with Gasteiger partial charge in [-0.1, -0.05) is 30.3 Å². The van der Waals surface area contributed by atoms with Crippen molar-refractivity contribution >= 4 is 18.0 Å². The number of amides is 2. The number of nitrogens with one attached hydrogen (secondary N) is 2. The molecule has 10 heteroatoms. The van der Waals surface area contributed by atoms with Gasteiger partial charge in [-0.15, -0.1) is 0 Å². The quantitative estimate of drug-likeness (QED) is 0.494. The van der Waals surface area contributed by atoms with Crippen molar-refractivity contribution in [2.45, 2.75) is 19.4 Å². The summed E-state index contributed by atoms with van der Waals surface area (Å²) >= 11 is 0. The van der Waals surface area contributed by atoms with E-state index in [0.717, 1.165) is 0 Å². The van der Waals surface area contributed by atoms with E-state index in [0.29, 0.717) is 28.4 Å². The largest absolute Gasteiger partial charge is 0.493 e. The van der Waals surface area contributed by atoms with E-state index in [9.17, 15) is 14.4 Å². The fourth-order valence-corrected chi connectivity index (χ4v) is 3.68. The Balaban J connectivity index is 1.83. The summed E-state index contributed by atoms with van der Waals surface area (Å²) < 4.78 is 26.5. The van der Waals surface area contributed by atoms with Crippen molar-refractivity contribution in [1.29, 1.82) is 0 Å². The molecule has 0 fully saturated rings. The predicted molar refractivity (Wildman–Crippen MR) is 125 cm³/mol. The first kappa shape index (κ1) is 25.4. The van der Waals surface area contributed by atoms with Crippen molar-refractivity contribution in [2.24, 2.45) is 0 Å². The Morgan fingerprint density at radius 3 is 2.17 bits per heavy atom. The average Bonchev–Trinajstić information content (AvgIpc) is 2.87. The molecule has 2 aromatic carbocycles. The van der Waals surface area contributed by atoms with Gasteiger partial charge in [-0.2, -0.15) is 0 Å². The predicted octanol–water partition coefficient (Wildman–Crippen LogP) is 2.67. The van der Waals surface area contributed by atoms with Gasteiger partial charge < -0.3 is 34.3 Å². The minimum Gasteiger partial charge on any atom is -0.493 e. The van der Waals surface area contributed by atoms with Gasteiger partial charge in [0.2, 0.25) is 5.75 Å². The van der Waals surface area contributed by atoms with Crippen LogP contribution in [0.4, 0.5) is 4.79 Å². The molecular formula is C25H28N2O8. The zero-order valence-electron chi connectivity index (χ0n) is 20.0. The van der Waals surface area contributed by atoms with Crippen LogP contribution in [0.5, 0.6) is 17.2 Å². The topological polar surface area (TPSA) is 121 Å². The first-order valence-electron chi connectivity index (χ1n) is 10.9. The van der Waals surface area contributed by atoms with Gasteiger partial charge in [0.1, 0.15) is 6.61 Å². The van der Waals surface area contributed by atoms with Crippen molar-refractivity contribution in [3.8, 4) is 17.2 Å². The summed E-state index contributed by atoms with van der Waals surface area (Å²) in [5, 5.41) is 5.30. The Morgan fingerprint density at radius 2 is 1.60 bits per heavy atom. The molecule has 3 rings (SSSR count). The highest BCUT2D eigenvalue weighted by Crippen LogP contribution is 2.38. The lowest BCUT2D eigenvalue weighted by atomic mass is 9.95. The van der Waals surface area contributed by atoms with Crippen LogP contribution in [0, 0.1) is 0 Å². The van der Waals surface area contributed by atoms with E-state index in [1.165, 1.54) is 21.3 Å². The van der Waals surface area contributed by atoms with Gasteiger partial charge >= 0.3 is 18.0 Å². The van der Waals surface area contributed by atoms with Gasteiger partial charge in [0, 0.05) is 0 Å². The number of esters is 2. The second-order valence-corrected chi connectivity index (χ2v) is 7.43. The van der Waals surface area contributed by atoms with E-state index < -0.39 is 24.0 Å². The Bertz CT molecular complexity index is 1090. The first-order chi connectivity index (χ1) is 16.9. The van der Waals surface area contributed by atoms with Crippen LogP contribution in [0.15, 0.2) is 53.7 Å². The number of benzene rings is 2. The second kappa shape index (κ2) is 11.8. The third kappa shape index (κ3) is 6.03. The zero-order chi connectivity index (χ0) is 25.4. The molecule has 2 aromatic rings. The van der Waals surface area contributed by atoms with Crippen LogP contribution in [-0.4, -0.2) is 52.5 Å². The molecule has 2 N–H and O–H groups in total. The van der Waals surface area contributed by atoms with Gasteiger partial charge in [-0.25, -0.2) is 9.59 Å². The maximum Gasteiger partial charge on any atom is 0.338 e. The lowest BCUT2D eigenvalue weighted by Crippen LogP contribution is -2.47. The van der Waals surface area contributed by atoms with E-state index in [4.69, 9.17) is 23.7 Å². The molecule has 1 aliphatic heterocycles. The highest BCUT2D eigenvalue weighted by molar-refractivity contribution is 5.95. The summed E-state index contributed by atoms with van der Waals surface area (Å²) in [6.45, 7) is 1.50. The van der Waals surface area contributed by atoms with Crippen LogP contribution in [0.2, 0.25) is 0 Å². The van der Waals surface area contributed by atoms with Gasteiger partial charge in [-0.3, -0.25) is 4.79 Å². The van der Waals surface area contributed by atoms with Crippen molar-refractivity contribution in [2.75, 3.05) is 34.5 Å². The molecule has 1 atom stereocenters. The smallest absolute Gasteiger partial charge is 0.338 e. The number of hydrogen-bond donors (Lipinski definition) is 2. The maximum atomic E-state index is 12.8. The van der Waals surface area contributed by atoms with Gasteiger partial charge in [0.05, 0.1) is 51.7 Å². The average molecular weight is 485 g/mol. The number of urea groups is 1. The zero-order valence-corrected chi connectivity index (χ0v) is 20.0. The van der Waals surface area contributed by atoms with Crippen LogP contribution in [0.3, 0.4) is 0 Å². The van der Waals surface area contributed by atoms with Crippen LogP contribution >= 0.6 is 0 Å². The van der Waals surface area contributed by atoms with Crippen LogP contribution < -0.4 is 24.8 Å². The minimum absolute atomic E-state index is 0.104. The molecule has 0 aliphatic carbocycles. The summed E-state index contributed by atoms with van der Waals surface area (Å²) in [5.41, 5.74) is 1.57. The van der Waals surface area contributed by atoms with Crippen molar-refractivity contribution in [3.63, 3.8) is 0 Å². The van der Waals surface area contributed by atoms with E-state index in [1.54, 1.807) is 43.3 Å². The molecule has 0 saturated carbocycles. The molecular weight excluding hydrogens is 456 g/mol. The molecule has 0 spiro atoms. The van der Waals surface area contributed by atoms with Crippen LogP contribution in [-0.2, 0) is 25.5 Å². The minimum atomic E-state index is -0.757. The monoisotopic (exact) mass is 484 g/mol. The Morgan fingerprint density at radius 1 is 0.943 bits per heavy atom. The molecule has 186 valence electrons. The third-order valence-electron chi connectivity index (χ3n) is 5.23. The highest BCUT2D eigenvalue weighted by Gasteiger charge is 2.34. The Hall–Kier alpha value is -4.21. The van der Waals surface area contributed by atoms with Gasteiger partial charge in [0.15, 0.2) is 11.5 Å². The van der Waals surface area contributed by atoms with E-state index in [2.05, 4.69) is 10.6 Å². The van der Waals surface area contributed by atoms with Gasteiger partial charge in [0.25, 0.3) is 0 Å². The molecule has 1 unspecified atom stereocenters. The SMILES string of the molecule is CCOC(=O)C1=C(COC(=O)Cc2cc(OC)c(OC)c(OC)c2)NC(=O)NC1c1ccccc1. The molecule has 1 aliphatic rings. The summed E-state index contributed by atoms with van der Waals surface area (Å²) in [5.74, 6) is 0.000769. The molecule has 35 heavy (non-hydrogen) atoms. The summed E-state index contributed by atoms with van der Waals surface area (Å²) in [6.07, 6.45) is -0.104. The van der Waals surface area contributed by atoms with Crippen molar-refractivity contribution < 1.29 is 38.1 Å². The van der Waals surface area contributed by atoms with Crippen LogP contribution in [0.25, 0.3) is 0 Å². The fraction of sp³-hybridized carbons (Fsp3) is 0.320. The third-order valence-corrected chi connectivity index (χ3v) is 5.23. The molecule has 10 nitrogen and oxygen atoms in total. The molecule has 1 heterocycles.